The average Bonchev–Trinajstić information content (AvgIpc) is 2.36. The van der Waals surface area contributed by atoms with Crippen molar-refractivity contribution in [3.05, 3.63) is 18.2 Å². The van der Waals surface area contributed by atoms with E-state index < -0.39 is 10.0 Å². The Kier molecular flexibility index (Phi) is 4.94. The first-order valence-corrected chi connectivity index (χ1v) is 6.93. The number of benzene rings is 1. The highest BCUT2D eigenvalue weighted by molar-refractivity contribution is 7.89. The van der Waals surface area contributed by atoms with Crippen LogP contribution >= 0.6 is 0 Å². The molecule has 1 aromatic rings. The van der Waals surface area contributed by atoms with Gasteiger partial charge in [-0.3, -0.25) is 0 Å². The summed E-state index contributed by atoms with van der Waals surface area (Å²) >= 11 is 0. The van der Waals surface area contributed by atoms with Crippen LogP contribution in [-0.2, 0) is 10.0 Å². The maximum atomic E-state index is 11.9. The Labute approximate surface area is 107 Å². The summed E-state index contributed by atoms with van der Waals surface area (Å²) in [5.41, 5.74) is 5.99. The Morgan fingerprint density at radius 1 is 1.50 bits per heavy atom. The Bertz CT molecular complexity index is 502. The number of anilines is 1. The van der Waals surface area contributed by atoms with Crippen molar-refractivity contribution in [3.63, 3.8) is 0 Å². The van der Waals surface area contributed by atoms with Crippen molar-refractivity contribution < 1.29 is 18.3 Å². The summed E-state index contributed by atoms with van der Waals surface area (Å²) in [5, 5.41) is 8.85. The molecule has 6 nitrogen and oxygen atoms in total. The molecule has 0 aromatic heterocycles. The number of nitrogens with one attached hydrogen (secondary N) is 1. The Hall–Kier alpha value is -1.31. The van der Waals surface area contributed by atoms with Gasteiger partial charge in [-0.15, -0.1) is 0 Å². The van der Waals surface area contributed by atoms with Gasteiger partial charge in [-0.25, -0.2) is 13.1 Å². The first-order valence-electron chi connectivity index (χ1n) is 5.44. The molecule has 0 fully saturated rings. The Morgan fingerprint density at radius 3 is 2.72 bits per heavy atom. The van der Waals surface area contributed by atoms with Crippen molar-refractivity contribution >= 4 is 15.7 Å². The molecular formula is C11H18N2O4S. The zero-order chi connectivity index (χ0) is 13.8. The molecule has 0 aliphatic heterocycles. The highest BCUT2D eigenvalue weighted by atomic mass is 32.2. The third-order valence-electron chi connectivity index (χ3n) is 2.45. The molecule has 1 aromatic carbocycles. The van der Waals surface area contributed by atoms with Gasteiger partial charge >= 0.3 is 0 Å². The summed E-state index contributed by atoms with van der Waals surface area (Å²) in [5.74, 6) is 0.170. The summed E-state index contributed by atoms with van der Waals surface area (Å²) < 4.78 is 31.3. The van der Waals surface area contributed by atoms with E-state index in [2.05, 4.69) is 4.72 Å². The third kappa shape index (κ3) is 3.59. The lowest BCUT2D eigenvalue weighted by Crippen LogP contribution is -2.29. The van der Waals surface area contributed by atoms with E-state index in [1.54, 1.807) is 6.92 Å². The Balaban J connectivity index is 2.91. The molecule has 0 spiro atoms. The van der Waals surface area contributed by atoms with E-state index in [4.69, 9.17) is 15.6 Å². The van der Waals surface area contributed by atoms with Crippen LogP contribution in [0.15, 0.2) is 23.1 Å². The minimum Gasteiger partial charge on any atom is -0.495 e. The number of aliphatic hydroxyl groups excluding tert-OH is 1. The molecule has 0 heterocycles. The fraction of sp³-hybridized carbons (Fsp3) is 0.455. The number of nitrogens with two attached hydrogens (primary N) is 1. The molecule has 0 bridgehead atoms. The van der Waals surface area contributed by atoms with Gasteiger partial charge in [0.15, 0.2) is 0 Å². The first-order chi connectivity index (χ1) is 8.40. The molecular weight excluding hydrogens is 256 g/mol. The lowest BCUT2D eigenvalue weighted by molar-refractivity contribution is 0.238. The molecule has 7 heteroatoms. The minimum absolute atomic E-state index is 0.0758. The number of nitrogen functional groups attached to an aromatic ring is 1. The monoisotopic (exact) mass is 274 g/mol. The van der Waals surface area contributed by atoms with Crippen LogP contribution in [0, 0.1) is 5.92 Å². The van der Waals surface area contributed by atoms with E-state index in [-0.39, 0.29) is 24.0 Å². The van der Waals surface area contributed by atoms with Crippen molar-refractivity contribution in [2.24, 2.45) is 5.92 Å². The number of rotatable bonds is 6. The Morgan fingerprint density at radius 2 is 2.17 bits per heavy atom. The van der Waals surface area contributed by atoms with Crippen LogP contribution in [0.3, 0.4) is 0 Å². The SMILES string of the molecule is COc1cc(S(=O)(=O)NCC(C)CO)ccc1N. The zero-order valence-corrected chi connectivity index (χ0v) is 11.2. The predicted molar refractivity (Wildman–Crippen MR) is 68.8 cm³/mol. The van der Waals surface area contributed by atoms with E-state index in [1.807, 2.05) is 0 Å². The number of hydrogen-bond acceptors (Lipinski definition) is 5. The molecule has 0 aliphatic carbocycles. The van der Waals surface area contributed by atoms with Gasteiger partial charge in [0, 0.05) is 19.2 Å². The lowest BCUT2D eigenvalue weighted by Gasteiger charge is -2.12. The van der Waals surface area contributed by atoms with Gasteiger partial charge in [-0.2, -0.15) is 0 Å². The minimum atomic E-state index is -3.61. The van der Waals surface area contributed by atoms with Gasteiger partial charge in [0.2, 0.25) is 10.0 Å². The summed E-state index contributed by atoms with van der Waals surface area (Å²) in [6, 6.07) is 4.24. The van der Waals surface area contributed by atoms with Gasteiger partial charge in [0.1, 0.15) is 5.75 Å². The summed E-state index contributed by atoms with van der Waals surface area (Å²) in [4.78, 5) is 0.0821. The van der Waals surface area contributed by atoms with E-state index >= 15 is 0 Å². The molecule has 1 rings (SSSR count). The number of aliphatic hydroxyl groups is 1. The van der Waals surface area contributed by atoms with Crippen LogP contribution in [0.5, 0.6) is 5.75 Å². The summed E-state index contributed by atoms with van der Waals surface area (Å²) in [7, 11) is -2.19. The molecule has 0 saturated carbocycles. The molecule has 0 saturated heterocycles. The second kappa shape index (κ2) is 6.03. The molecule has 0 radical (unpaired) electrons. The van der Waals surface area contributed by atoms with Crippen molar-refractivity contribution in [2.75, 3.05) is 26.0 Å². The standard InChI is InChI=1S/C11H18N2O4S/c1-8(7-14)6-13-18(15,16)9-3-4-10(12)11(5-9)17-2/h3-5,8,13-14H,6-7,12H2,1-2H3. The van der Waals surface area contributed by atoms with Gasteiger partial charge < -0.3 is 15.6 Å². The highest BCUT2D eigenvalue weighted by Crippen LogP contribution is 2.24. The molecule has 0 aliphatic rings. The van der Waals surface area contributed by atoms with Crippen molar-refractivity contribution in [2.45, 2.75) is 11.8 Å². The molecule has 102 valence electrons. The number of methoxy groups -OCH3 is 1. The topological polar surface area (TPSA) is 102 Å². The third-order valence-corrected chi connectivity index (χ3v) is 3.87. The summed E-state index contributed by atoms with van der Waals surface area (Å²) in [6.07, 6.45) is 0. The van der Waals surface area contributed by atoms with Crippen LogP contribution in [-0.4, -0.2) is 33.8 Å². The molecule has 4 N–H and O–H groups in total. The van der Waals surface area contributed by atoms with Gasteiger partial charge in [-0.05, 0) is 18.1 Å². The normalized spacial score (nSPS) is 13.3. The van der Waals surface area contributed by atoms with Crippen molar-refractivity contribution in [1.82, 2.24) is 4.72 Å². The maximum Gasteiger partial charge on any atom is 0.240 e. The van der Waals surface area contributed by atoms with Crippen LogP contribution in [0.2, 0.25) is 0 Å². The van der Waals surface area contributed by atoms with Crippen LogP contribution in [0.4, 0.5) is 5.69 Å². The largest absolute Gasteiger partial charge is 0.495 e. The smallest absolute Gasteiger partial charge is 0.240 e. The number of sulfonamides is 1. The van der Waals surface area contributed by atoms with Gasteiger partial charge in [0.25, 0.3) is 0 Å². The second-order valence-corrected chi connectivity index (χ2v) is 5.81. The fourth-order valence-electron chi connectivity index (χ4n) is 1.26. The van der Waals surface area contributed by atoms with Gasteiger partial charge in [-0.1, -0.05) is 6.92 Å². The lowest BCUT2D eigenvalue weighted by atomic mass is 10.2. The fourth-order valence-corrected chi connectivity index (χ4v) is 2.44. The van der Waals surface area contributed by atoms with E-state index in [9.17, 15) is 8.42 Å². The van der Waals surface area contributed by atoms with E-state index in [0.717, 1.165) is 0 Å². The van der Waals surface area contributed by atoms with E-state index in [0.29, 0.717) is 11.4 Å². The van der Waals surface area contributed by atoms with Crippen molar-refractivity contribution in [1.29, 1.82) is 0 Å². The van der Waals surface area contributed by atoms with E-state index in [1.165, 1.54) is 25.3 Å². The van der Waals surface area contributed by atoms with Gasteiger partial charge in [0.05, 0.1) is 17.7 Å². The average molecular weight is 274 g/mol. The van der Waals surface area contributed by atoms with Crippen LogP contribution in [0.1, 0.15) is 6.92 Å². The second-order valence-electron chi connectivity index (χ2n) is 4.04. The molecule has 18 heavy (non-hydrogen) atoms. The molecule has 1 unspecified atom stereocenters. The predicted octanol–water partition coefficient (Wildman–Crippen LogP) is 0.184. The number of hydrogen-bond donors (Lipinski definition) is 3. The zero-order valence-electron chi connectivity index (χ0n) is 10.4. The quantitative estimate of drug-likeness (QED) is 0.642. The molecule has 0 amide bonds. The maximum absolute atomic E-state index is 11.9. The van der Waals surface area contributed by atoms with Crippen LogP contribution < -0.4 is 15.2 Å². The van der Waals surface area contributed by atoms with Crippen molar-refractivity contribution in [3.8, 4) is 5.75 Å². The molecule has 1 atom stereocenters. The number of ether oxygens (including phenoxy) is 1. The summed E-state index contributed by atoms with van der Waals surface area (Å²) in [6.45, 7) is 1.84. The highest BCUT2D eigenvalue weighted by Gasteiger charge is 2.16. The first kappa shape index (κ1) is 14.7. The van der Waals surface area contributed by atoms with Crippen LogP contribution in [0.25, 0.3) is 0 Å².